The number of hydrogen-bond acceptors (Lipinski definition) is 3. The molecular weight excluding hydrogens is 372 g/mol. The Bertz CT molecular complexity index is 1370. The SMILES string of the molecule is COC(=O)c1ccccc1Nc1ccc2c(c1)c1ccccc1n2-c1ccccc1. The largest absolute Gasteiger partial charge is 0.465 e. The third kappa shape index (κ3) is 2.99. The van der Waals surface area contributed by atoms with Crippen molar-refractivity contribution in [1.82, 2.24) is 4.57 Å². The minimum Gasteiger partial charge on any atom is -0.465 e. The van der Waals surface area contributed by atoms with Crippen LogP contribution in [0.4, 0.5) is 11.4 Å². The van der Waals surface area contributed by atoms with Gasteiger partial charge in [0.2, 0.25) is 0 Å². The first-order valence-electron chi connectivity index (χ1n) is 9.79. The first-order chi connectivity index (χ1) is 14.8. The maximum atomic E-state index is 12.1. The summed E-state index contributed by atoms with van der Waals surface area (Å²) in [5, 5.41) is 5.71. The van der Waals surface area contributed by atoms with E-state index in [1.165, 1.54) is 12.5 Å². The lowest BCUT2D eigenvalue weighted by Gasteiger charge is -2.11. The molecule has 0 aliphatic carbocycles. The van der Waals surface area contributed by atoms with E-state index in [-0.39, 0.29) is 5.97 Å². The Hall–Kier alpha value is -4.05. The monoisotopic (exact) mass is 392 g/mol. The van der Waals surface area contributed by atoms with Gasteiger partial charge in [-0.3, -0.25) is 0 Å². The number of hydrogen-bond donors (Lipinski definition) is 1. The molecule has 0 aliphatic heterocycles. The number of carbonyl (C=O) groups excluding carboxylic acids is 1. The lowest BCUT2D eigenvalue weighted by atomic mass is 10.1. The molecule has 4 aromatic carbocycles. The first-order valence-corrected chi connectivity index (χ1v) is 9.79. The van der Waals surface area contributed by atoms with Gasteiger partial charge in [0.25, 0.3) is 0 Å². The van der Waals surface area contributed by atoms with E-state index < -0.39 is 0 Å². The Morgan fingerprint density at radius 2 is 1.47 bits per heavy atom. The van der Waals surface area contributed by atoms with Crippen molar-refractivity contribution in [3.63, 3.8) is 0 Å². The number of ether oxygens (including phenoxy) is 1. The summed E-state index contributed by atoms with van der Waals surface area (Å²) in [7, 11) is 1.39. The molecule has 0 radical (unpaired) electrons. The quantitative estimate of drug-likeness (QED) is 0.364. The van der Waals surface area contributed by atoms with E-state index in [9.17, 15) is 4.79 Å². The van der Waals surface area contributed by atoms with Gasteiger partial charge in [0.15, 0.2) is 0 Å². The molecule has 146 valence electrons. The van der Waals surface area contributed by atoms with Gasteiger partial charge in [-0.25, -0.2) is 4.79 Å². The van der Waals surface area contributed by atoms with Crippen molar-refractivity contribution in [1.29, 1.82) is 0 Å². The Morgan fingerprint density at radius 1 is 0.767 bits per heavy atom. The van der Waals surface area contributed by atoms with E-state index in [2.05, 4.69) is 70.5 Å². The Kier molecular flexibility index (Phi) is 4.45. The fourth-order valence-corrected chi connectivity index (χ4v) is 3.94. The average Bonchev–Trinajstić information content (AvgIpc) is 3.13. The molecule has 30 heavy (non-hydrogen) atoms. The van der Waals surface area contributed by atoms with E-state index in [4.69, 9.17) is 4.74 Å². The van der Waals surface area contributed by atoms with Gasteiger partial charge in [0.1, 0.15) is 0 Å². The van der Waals surface area contributed by atoms with Crippen LogP contribution < -0.4 is 5.32 Å². The third-order valence-electron chi connectivity index (χ3n) is 5.30. The molecule has 1 heterocycles. The van der Waals surface area contributed by atoms with Gasteiger partial charge in [-0.15, -0.1) is 0 Å². The predicted octanol–water partition coefficient (Wildman–Crippen LogP) is 6.31. The van der Waals surface area contributed by atoms with Gasteiger partial charge in [0.05, 0.1) is 29.4 Å². The van der Waals surface area contributed by atoms with Gasteiger partial charge >= 0.3 is 5.97 Å². The van der Waals surface area contributed by atoms with Crippen LogP contribution in [0.15, 0.2) is 97.1 Å². The molecule has 5 aromatic rings. The van der Waals surface area contributed by atoms with Crippen molar-refractivity contribution in [3.05, 3.63) is 103 Å². The molecule has 0 unspecified atom stereocenters. The number of para-hydroxylation sites is 3. The summed E-state index contributed by atoms with van der Waals surface area (Å²) >= 11 is 0. The Labute approximate surface area is 174 Å². The summed E-state index contributed by atoms with van der Waals surface area (Å²) in [6.45, 7) is 0. The molecule has 4 nitrogen and oxygen atoms in total. The number of carbonyl (C=O) groups is 1. The molecule has 1 N–H and O–H groups in total. The summed E-state index contributed by atoms with van der Waals surface area (Å²) in [5.41, 5.74) is 5.55. The molecular formula is C26H20N2O2. The third-order valence-corrected chi connectivity index (χ3v) is 5.30. The van der Waals surface area contributed by atoms with Crippen LogP contribution in [0.2, 0.25) is 0 Å². The van der Waals surface area contributed by atoms with E-state index >= 15 is 0 Å². The van der Waals surface area contributed by atoms with Gasteiger partial charge in [-0.2, -0.15) is 0 Å². The highest BCUT2D eigenvalue weighted by atomic mass is 16.5. The molecule has 1 aromatic heterocycles. The summed E-state index contributed by atoms with van der Waals surface area (Å²) < 4.78 is 7.19. The molecule has 0 fully saturated rings. The first kappa shape index (κ1) is 18.0. The molecule has 0 aliphatic rings. The number of nitrogens with zero attached hydrogens (tertiary/aromatic N) is 1. The zero-order chi connectivity index (χ0) is 20.5. The summed E-state index contributed by atoms with van der Waals surface area (Å²) in [6, 6.07) is 32.4. The Balaban J connectivity index is 1.66. The summed E-state index contributed by atoms with van der Waals surface area (Å²) in [4.78, 5) is 12.1. The second-order valence-corrected chi connectivity index (χ2v) is 7.08. The van der Waals surface area contributed by atoms with E-state index in [1.54, 1.807) is 6.07 Å². The number of esters is 1. The average molecular weight is 392 g/mol. The molecule has 4 heteroatoms. The summed E-state index contributed by atoms with van der Waals surface area (Å²) in [5.74, 6) is -0.361. The lowest BCUT2D eigenvalue weighted by Crippen LogP contribution is -2.05. The topological polar surface area (TPSA) is 43.3 Å². The van der Waals surface area contributed by atoms with Crippen LogP contribution in [0.25, 0.3) is 27.5 Å². The molecule has 0 bridgehead atoms. The maximum Gasteiger partial charge on any atom is 0.339 e. The lowest BCUT2D eigenvalue weighted by molar-refractivity contribution is 0.0602. The standard InChI is InChI=1S/C26H20N2O2/c1-30-26(29)21-12-5-7-13-23(21)27-18-15-16-25-22(17-18)20-11-6-8-14-24(20)28(25)19-9-3-2-4-10-19/h2-17,27H,1H3. The molecule has 0 spiro atoms. The number of rotatable bonds is 4. The van der Waals surface area contributed by atoms with Crippen molar-refractivity contribution in [3.8, 4) is 5.69 Å². The van der Waals surface area contributed by atoms with Gasteiger partial charge in [-0.05, 0) is 48.5 Å². The van der Waals surface area contributed by atoms with Gasteiger partial charge in [0, 0.05) is 22.1 Å². The highest BCUT2D eigenvalue weighted by molar-refractivity contribution is 6.10. The van der Waals surface area contributed by atoms with Gasteiger partial charge in [-0.1, -0.05) is 48.5 Å². The zero-order valence-corrected chi connectivity index (χ0v) is 16.5. The van der Waals surface area contributed by atoms with Crippen LogP contribution in [0, 0.1) is 0 Å². The molecule has 5 rings (SSSR count). The van der Waals surface area contributed by atoms with Crippen LogP contribution >= 0.6 is 0 Å². The van der Waals surface area contributed by atoms with Crippen LogP contribution in [-0.2, 0) is 4.74 Å². The molecule has 0 atom stereocenters. The maximum absolute atomic E-state index is 12.1. The zero-order valence-electron chi connectivity index (χ0n) is 16.5. The molecule has 0 saturated heterocycles. The number of methoxy groups -OCH3 is 1. The van der Waals surface area contributed by atoms with E-state index in [1.807, 2.05) is 30.3 Å². The van der Waals surface area contributed by atoms with E-state index in [0.717, 1.165) is 33.5 Å². The minimum absolute atomic E-state index is 0.361. The van der Waals surface area contributed by atoms with Crippen molar-refractivity contribution in [2.24, 2.45) is 0 Å². The fourth-order valence-electron chi connectivity index (χ4n) is 3.94. The van der Waals surface area contributed by atoms with Crippen molar-refractivity contribution in [2.45, 2.75) is 0 Å². The number of aromatic nitrogens is 1. The van der Waals surface area contributed by atoms with E-state index in [0.29, 0.717) is 5.56 Å². The molecule has 0 saturated carbocycles. The predicted molar refractivity (Wildman–Crippen MR) is 122 cm³/mol. The number of anilines is 2. The van der Waals surface area contributed by atoms with Crippen LogP contribution in [0.3, 0.4) is 0 Å². The Morgan fingerprint density at radius 3 is 2.30 bits per heavy atom. The van der Waals surface area contributed by atoms with Crippen LogP contribution in [0.1, 0.15) is 10.4 Å². The van der Waals surface area contributed by atoms with Gasteiger partial charge < -0.3 is 14.6 Å². The van der Waals surface area contributed by atoms with Crippen molar-refractivity contribution in [2.75, 3.05) is 12.4 Å². The van der Waals surface area contributed by atoms with Crippen molar-refractivity contribution >= 4 is 39.1 Å². The normalized spacial score (nSPS) is 11.0. The van der Waals surface area contributed by atoms with Crippen LogP contribution in [0.5, 0.6) is 0 Å². The fraction of sp³-hybridized carbons (Fsp3) is 0.0385. The second kappa shape index (κ2) is 7.41. The molecule has 0 amide bonds. The summed E-state index contributed by atoms with van der Waals surface area (Å²) in [6.07, 6.45) is 0. The number of fused-ring (bicyclic) bond motifs is 3. The number of benzene rings is 4. The van der Waals surface area contributed by atoms with Crippen LogP contribution in [-0.4, -0.2) is 17.6 Å². The highest BCUT2D eigenvalue weighted by Gasteiger charge is 2.14. The highest BCUT2D eigenvalue weighted by Crippen LogP contribution is 2.34. The number of nitrogens with one attached hydrogen (secondary N) is 1. The second-order valence-electron chi connectivity index (χ2n) is 7.08. The smallest absolute Gasteiger partial charge is 0.339 e. The van der Waals surface area contributed by atoms with Crippen molar-refractivity contribution < 1.29 is 9.53 Å². The minimum atomic E-state index is -0.361.